The van der Waals surface area contributed by atoms with Gasteiger partial charge in [0.25, 0.3) is 0 Å². The molecule has 0 amide bonds. The Morgan fingerprint density at radius 1 is 0.641 bits per heavy atom. The third-order valence-corrected chi connectivity index (χ3v) is 6.77. The van der Waals surface area contributed by atoms with Gasteiger partial charge < -0.3 is 18.9 Å². The maximum Gasteiger partial charge on any atom is 0.334 e. The van der Waals surface area contributed by atoms with Crippen molar-refractivity contribution in [2.24, 2.45) is 0 Å². The fourth-order valence-electron chi connectivity index (χ4n) is 3.93. The molecule has 0 spiro atoms. The van der Waals surface area contributed by atoms with E-state index in [9.17, 15) is 9.59 Å². The largest absolute Gasteiger partial charge is 0.487 e. The van der Waals surface area contributed by atoms with Crippen molar-refractivity contribution in [1.82, 2.24) is 0 Å². The van der Waals surface area contributed by atoms with Crippen LogP contribution >= 0.6 is 34.8 Å². The Hall–Kier alpha value is -3.45. The predicted molar refractivity (Wildman–Crippen MR) is 153 cm³/mol. The number of esters is 2. The molecule has 0 aliphatic carbocycles. The molecule has 0 fully saturated rings. The number of carbonyl (C=O) groups excluding carboxylic acids is 2. The second kappa shape index (κ2) is 13.1. The minimum absolute atomic E-state index is 0.0367. The fourth-order valence-corrected chi connectivity index (χ4v) is 4.48. The van der Waals surface area contributed by atoms with E-state index < -0.39 is 22.7 Å². The highest BCUT2D eigenvalue weighted by Crippen LogP contribution is 2.52. The first-order valence-electron chi connectivity index (χ1n) is 12.2. The molecule has 4 aromatic carbocycles. The maximum absolute atomic E-state index is 13.2. The third kappa shape index (κ3) is 6.41. The normalized spacial score (nSPS) is 12.4. The third-order valence-electron chi connectivity index (χ3n) is 5.67. The summed E-state index contributed by atoms with van der Waals surface area (Å²) in [4.78, 5) is 26.4. The van der Waals surface area contributed by atoms with Crippen LogP contribution in [0.25, 0.3) is 10.8 Å². The van der Waals surface area contributed by atoms with Crippen LogP contribution in [0.5, 0.6) is 23.0 Å². The van der Waals surface area contributed by atoms with Gasteiger partial charge in [0.1, 0.15) is 0 Å². The van der Waals surface area contributed by atoms with Crippen molar-refractivity contribution < 1.29 is 28.5 Å². The lowest BCUT2D eigenvalue weighted by atomic mass is 10.1. The van der Waals surface area contributed by atoms with Gasteiger partial charge in [0.15, 0.2) is 22.3 Å². The molecule has 6 nitrogen and oxygen atoms in total. The van der Waals surface area contributed by atoms with E-state index in [-0.39, 0.29) is 36.2 Å². The SMILES string of the molecule is CCOc1c(OCC)c(OC(=O)C(Cl)c2ccccc2)c2cc(Cl)ccc2c1OC(=O)C(Cl)c1ccccc1. The summed E-state index contributed by atoms with van der Waals surface area (Å²) in [6.45, 7) is 3.91. The summed E-state index contributed by atoms with van der Waals surface area (Å²) in [5.74, 6) is -1.22. The quantitative estimate of drug-likeness (QED) is 0.106. The Morgan fingerprint density at radius 3 is 1.51 bits per heavy atom. The number of fused-ring (bicyclic) bond motifs is 1. The van der Waals surface area contributed by atoms with Crippen LogP contribution in [0.2, 0.25) is 5.02 Å². The Morgan fingerprint density at radius 2 is 1.08 bits per heavy atom. The second-order valence-electron chi connectivity index (χ2n) is 8.26. The molecule has 0 aromatic heterocycles. The molecular formula is C30H25Cl3O6. The van der Waals surface area contributed by atoms with Gasteiger partial charge in [-0.05, 0) is 43.2 Å². The van der Waals surface area contributed by atoms with Crippen LogP contribution in [-0.2, 0) is 9.59 Å². The zero-order valence-electron chi connectivity index (χ0n) is 21.2. The molecule has 0 bridgehead atoms. The Balaban J connectivity index is 1.85. The number of rotatable bonds is 10. The Labute approximate surface area is 241 Å². The van der Waals surface area contributed by atoms with Gasteiger partial charge in [-0.1, -0.05) is 72.3 Å². The summed E-state index contributed by atoms with van der Waals surface area (Å²) in [6.07, 6.45) is 0. The molecule has 0 aliphatic heterocycles. The first-order valence-corrected chi connectivity index (χ1v) is 13.5. The summed E-state index contributed by atoms with van der Waals surface area (Å²) < 4.78 is 23.5. The van der Waals surface area contributed by atoms with Gasteiger partial charge in [0.05, 0.1) is 13.2 Å². The van der Waals surface area contributed by atoms with Crippen molar-refractivity contribution in [2.75, 3.05) is 13.2 Å². The summed E-state index contributed by atoms with van der Waals surface area (Å²) in [5, 5.41) is -1.07. The summed E-state index contributed by atoms with van der Waals surface area (Å²) in [6, 6.07) is 22.5. The number of carbonyl (C=O) groups is 2. The number of alkyl halides is 2. The molecule has 0 aliphatic rings. The molecule has 4 aromatic rings. The molecule has 0 radical (unpaired) electrons. The van der Waals surface area contributed by atoms with Gasteiger partial charge in [-0.2, -0.15) is 0 Å². The molecule has 0 saturated carbocycles. The van der Waals surface area contributed by atoms with Crippen molar-refractivity contribution in [3.05, 3.63) is 95.0 Å². The highest BCUT2D eigenvalue weighted by Gasteiger charge is 2.31. The molecule has 0 N–H and O–H groups in total. The van der Waals surface area contributed by atoms with Crippen molar-refractivity contribution in [1.29, 1.82) is 0 Å². The number of ether oxygens (including phenoxy) is 4. The first-order chi connectivity index (χ1) is 18.8. The highest BCUT2D eigenvalue weighted by atomic mass is 35.5. The van der Waals surface area contributed by atoms with E-state index in [1.807, 2.05) is 12.1 Å². The summed E-state index contributed by atoms with van der Waals surface area (Å²) in [7, 11) is 0. The van der Waals surface area contributed by atoms with Crippen LogP contribution in [0.1, 0.15) is 35.7 Å². The summed E-state index contributed by atoms with van der Waals surface area (Å²) in [5.41, 5.74) is 1.13. The number of benzene rings is 4. The molecule has 9 heteroatoms. The lowest BCUT2D eigenvalue weighted by Crippen LogP contribution is -2.18. The Kier molecular flexibility index (Phi) is 9.57. The average Bonchev–Trinajstić information content (AvgIpc) is 2.96. The van der Waals surface area contributed by atoms with Crippen LogP contribution in [0, 0.1) is 0 Å². The van der Waals surface area contributed by atoms with Gasteiger partial charge >= 0.3 is 11.9 Å². The van der Waals surface area contributed by atoms with Crippen LogP contribution in [-0.4, -0.2) is 25.2 Å². The molecular weight excluding hydrogens is 563 g/mol. The van der Waals surface area contributed by atoms with Gasteiger partial charge in [0.2, 0.25) is 11.5 Å². The van der Waals surface area contributed by atoms with E-state index in [0.717, 1.165) is 0 Å². The average molecular weight is 588 g/mol. The smallest absolute Gasteiger partial charge is 0.334 e. The molecule has 39 heavy (non-hydrogen) atoms. The molecule has 0 heterocycles. The molecule has 0 saturated heterocycles. The minimum atomic E-state index is -1.09. The molecule has 2 atom stereocenters. The van der Waals surface area contributed by atoms with Gasteiger partial charge in [-0.25, -0.2) is 9.59 Å². The predicted octanol–water partition coefficient (Wildman–Crippen LogP) is 8.06. The van der Waals surface area contributed by atoms with E-state index in [1.165, 1.54) is 0 Å². The topological polar surface area (TPSA) is 71.1 Å². The maximum atomic E-state index is 13.2. The van der Waals surface area contributed by atoms with E-state index in [4.69, 9.17) is 53.8 Å². The minimum Gasteiger partial charge on any atom is -0.487 e. The van der Waals surface area contributed by atoms with Crippen molar-refractivity contribution in [3.63, 3.8) is 0 Å². The van der Waals surface area contributed by atoms with Crippen LogP contribution in [0.15, 0.2) is 78.9 Å². The fraction of sp³-hybridized carbons (Fsp3) is 0.200. The second-order valence-corrected chi connectivity index (χ2v) is 9.57. The van der Waals surface area contributed by atoms with Gasteiger partial charge in [-0.15, -0.1) is 23.2 Å². The lowest BCUT2D eigenvalue weighted by molar-refractivity contribution is -0.135. The summed E-state index contributed by atoms with van der Waals surface area (Å²) >= 11 is 19.2. The van der Waals surface area contributed by atoms with E-state index in [1.54, 1.807) is 80.6 Å². The van der Waals surface area contributed by atoms with Crippen molar-refractivity contribution >= 4 is 57.5 Å². The molecule has 4 rings (SSSR count). The van der Waals surface area contributed by atoms with Crippen molar-refractivity contribution in [2.45, 2.75) is 24.6 Å². The zero-order valence-corrected chi connectivity index (χ0v) is 23.4. The van der Waals surface area contributed by atoms with E-state index in [0.29, 0.717) is 26.9 Å². The number of hydrogen-bond acceptors (Lipinski definition) is 6. The number of hydrogen-bond donors (Lipinski definition) is 0. The van der Waals surface area contributed by atoms with Crippen LogP contribution < -0.4 is 18.9 Å². The first kappa shape index (κ1) is 28.6. The van der Waals surface area contributed by atoms with E-state index in [2.05, 4.69) is 0 Å². The standard InChI is InChI=1S/C30H25Cl3O6/c1-3-36-27-25(38-29(34)23(32)18-11-7-5-8-12-18)21-16-15-20(31)17-22(21)26(28(27)37-4-2)39-30(35)24(33)19-13-9-6-10-14-19/h5-17,23-24H,3-4H2,1-2H3. The van der Waals surface area contributed by atoms with Crippen LogP contribution in [0.4, 0.5) is 0 Å². The Bertz CT molecular complexity index is 1460. The number of halogens is 3. The lowest BCUT2D eigenvalue weighted by Gasteiger charge is -2.22. The monoisotopic (exact) mass is 586 g/mol. The van der Waals surface area contributed by atoms with Crippen LogP contribution in [0.3, 0.4) is 0 Å². The highest BCUT2D eigenvalue weighted by molar-refractivity contribution is 6.32. The zero-order chi connectivity index (χ0) is 27.9. The molecule has 202 valence electrons. The van der Waals surface area contributed by atoms with E-state index >= 15 is 0 Å². The van der Waals surface area contributed by atoms with Gasteiger partial charge in [-0.3, -0.25) is 0 Å². The van der Waals surface area contributed by atoms with Crippen molar-refractivity contribution in [3.8, 4) is 23.0 Å². The molecule has 2 unspecified atom stereocenters. The van der Waals surface area contributed by atoms with Gasteiger partial charge in [0, 0.05) is 15.8 Å².